The van der Waals surface area contributed by atoms with Crippen molar-refractivity contribution < 1.29 is 9.84 Å². The Labute approximate surface area is 113 Å². The van der Waals surface area contributed by atoms with Gasteiger partial charge in [0, 0.05) is 25.0 Å². The van der Waals surface area contributed by atoms with Crippen LogP contribution in [0.2, 0.25) is 5.02 Å². The molecule has 0 saturated carbocycles. The summed E-state index contributed by atoms with van der Waals surface area (Å²) >= 11 is 6.33. The Hall–Kier alpha value is -0.580. The van der Waals surface area contributed by atoms with Crippen molar-refractivity contribution in [2.45, 2.75) is 39.7 Å². The Morgan fingerprint density at radius 3 is 2.89 bits per heavy atom. The molecule has 102 valence electrons. The van der Waals surface area contributed by atoms with Crippen molar-refractivity contribution in [1.29, 1.82) is 0 Å². The maximum absolute atomic E-state index is 9.71. The van der Waals surface area contributed by atoms with Crippen LogP contribution in [0.1, 0.15) is 31.2 Å². The number of aliphatic hydroxyl groups excluding tert-OH is 1. The molecular weight excluding hydrogens is 252 g/mol. The van der Waals surface area contributed by atoms with Gasteiger partial charge in [-0.2, -0.15) is 5.10 Å². The first kappa shape index (κ1) is 13.8. The Morgan fingerprint density at radius 2 is 2.33 bits per heavy atom. The summed E-state index contributed by atoms with van der Waals surface area (Å²) in [4.78, 5) is 0. The molecular formula is C13H21ClN2O2. The van der Waals surface area contributed by atoms with E-state index in [-0.39, 0.29) is 12.0 Å². The van der Waals surface area contributed by atoms with E-state index in [1.807, 2.05) is 11.6 Å². The Bertz CT molecular complexity index is 411. The molecule has 1 aromatic rings. The summed E-state index contributed by atoms with van der Waals surface area (Å²) in [6.45, 7) is 6.30. The van der Waals surface area contributed by atoms with Gasteiger partial charge in [-0.05, 0) is 26.7 Å². The van der Waals surface area contributed by atoms with E-state index in [0.717, 1.165) is 48.8 Å². The SMILES string of the molecule is CCn1nc(C)c(Cl)c1CC1(CO)CCCOC1. The molecule has 1 N–H and O–H groups in total. The van der Waals surface area contributed by atoms with Crippen molar-refractivity contribution in [3.63, 3.8) is 0 Å². The fourth-order valence-corrected chi connectivity index (χ4v) is 2.83. The normalized spacial score (nSPS) is 24.4. The van der Waals surface area contributed by atoms with Gasteiger partial charge in [0.2, 0.25) is 0 Å². The number of nitrogens with zero attached hydrogens (tertiary/aromatic N) is 2. The van der Waals surface area contributed by atoms with Crippen LogP contribution in [0.15, 0.2) is 0 Å². The average molecular weight is 273 g/mol. The summed E-state index contributed by atoms with van der Waals surface area (Å²) < 4.78 is 7.47. The smallest absolute Gasteiger partial charge is 0.0847 e. The Balaban J connectivity index is 2.26. The van der Waals surface area contributed by atoms with Gasteiger partial charge in [-0.25, -0.2) is 0 Å². The Morgan fingerprint density at radius 1 is 1.56 bits per heavy atom. The highest BCUT2D eigenvalue weighted by Crippen LogP contribution is 2.35. The summed E-state index contributed by atoms with van der Waals surface area (Å²) in [6, 6.07) is 0. The van der Waals surface area contributed by atoms with Crippen LogP contribution in [0.5, 0.6) is 0 Å². The fourth-order valence-electron chi connectivity index (χ4n) is 2.62. The largest absolute Gasteiger partial charge is 0.396 e. The lowest BCUT2D eigenvalue weighted by Crippen LogP contribution is -2.38. The van der Waals surface area contributed by atoms with Gasteiger partial charge >= 0.3 is 0 Å². The van der Waals surface area contributed by atoms with Gasteiger partial charge in [-0.1, -0.05) is 11.6 Å². The van der Waals surface area contributed by atoms with Crippen molar-refractivity contribution in [3.05, 3.63) is 16.4 Å². The molecule has 1 saturated heterocycles. The maximum atomic E-state index is 9.71. The lowest BCUT2D eigenvalue weighted by Gasteiger charge is -2.35. The van der Waals surface area contributed by atoms with Crippen molar-refractivity contribution >= 4 is 11.6 Å². The van der Waals surface area contributed by atoms with Gasteiger partial charge in [-0.3, -0.25) is 4.68 Å². The van der Waals surface area contributed by atoms with Gasteiger partial charge in [0.1, 0.15) is 0 Å². The molecule has 0 bridgehead atoms. The third-order valence-electron chi connectivity index (χ3n) is 3.73. The van der Waals surface area contributed by atoms with Crippen LogP contribution in [0.3, 0.4) is 0 Å². The fraction of sp³-hybridized carbons (Fsp3) is 0.769. The van der Waals surface area contributed by atoms with Crippen LogP contribution in [0, 0.1) is 12.3 Å². The number of aryl methyl sites for hydroxylation is 2. The van der Waals surface area contributed by atoms with Gasteiger partial charge in [0.25, 0.3) is 0 Å². The second-order valence-electron chi connectivity index (χ2n) is 5.15. The lowest BCUT2D eigenvalue weighted by molar-refractivity contribution is -0.0388. The minimum atomic E-state index is -0.193. The molecule has 5 heteroatoms. The standard InChI is InChI=1S/C13H21ClN2O2/c1-3-16-11(12(14)10(2)15-16)7-13(8-17)5-4-6-18-9-13/h17H,3-9H2,1-2H3. The van der Waals surface area contributed by atoms with Gasteiger partial charge < -0.3 is 9.84 Å². The molecule has 1 fully saturated rings. The minimum Gasteiger partial charge on any atom is -0.396 e. The van der Waals surface area contributed by atoms with Crippen LogP contribution in [0.4, 0.5) is 0 Å². The maximum Gasteiger partial charge on any atom is 0.0847 e. The molecule has 0 spiro atoms. The van der Waals surface area contributed by atoms with Gasteiger partial charge in [0.15, 0.2) is 0 Å². The molecule has 4 nitrogen and oxygen atoms in total. The molecule has 1 aromatic heterocycles. The molecule has 1 unspecified atom stereocenters. The highest BCUT2D eigenvalue weighted by molar-refractivity contribution is 6.31. The van der Waals surface area contributed by atoms with Crippen LogP contribution < -0.4 is 0 Å². The van der Waals surface area contributed by atoms with E-state index in [1.54, 1.807) is 0 Å². The third kappa shape index (κ3) is 2.56. The summed E-state index contributed by atoms with van der Waals surface area (Å²) in [7, 11) is 0. The molecule has 0 amide bonds. The number of aromatic nitrogens is 2. The molecule has 1 atom stereocenters. The van der Waals surface area contributed by atoms with Gasteiger partial charge in [0.05, 0.1) is 29.6 Å². The van der Waals surface area contributed by atoms with Gasteiger partial charge in [-0.15, -0.1) is 0 Å². The van der Waals surface area contributed by atoms with E-state index < -0.39 is 0 Å². The molecule has 0 aliphatic carbocycles. The molecule has 2 heterocycles. The van der Waals surface area contributed by atoms with Crippen LogP contribution >= 0.6 is 11.6 Å². The highest BCUT2D eigenvalue weighted by Gasteiger charge is 2.34. The molecule has 1 aliphatic heterocycles. The number of rotatable bonds is 4. The number of ether oxygens (including phenoxy) is 1. The summed E-state index contributed by atoms with van der Waals surface area (Å²) in [5, 5.41) is 14.9. The molecule has 18 heavy (non-hydrogen) atoms. The van der Waals surface area contributed by atoms with E-state index in [0.29, 0.717) is 6.61 Å². The zero-order chi connectivity index (χ0) is 13.2. The molecule has 1 aliphatic rings. The zero-order valence-corrected chi connectivity index (χ0v) is 11.8. The van der Waals surface area contributed by atoms with Crippen LogP contribution in [0.25, 0.3) is 0 Å². The lowest BCUT2D eigenvalue weighted by atomic mass is 9.79. The summed E-state index contributed by atoms with van der Waals surface area (Å²) in [5.74, 6) is 0. The first-order valence-corrected chi connectivity index (χ1v) is 6.90. The van der Waals surface area contributed by atoms with E-state index >= 15 is 0 Å². The van der Waals surface area contributed by atoms with E-state index in [2.05, 4.69) is 12.0 Å². The number of hydrogen-bond acceptors (Lipinski definition) is 3. The van der Waals surface area contributed by atoms with E-state index in [4.69, 9.17) is 16.3 Å². The van der Waals surface area contributed by atoms with Crippen molar-refractivity contribution in [1.82, 2.24) is 9.78 Å². The summed E-state index contributed by atoms with van der Waals surface area (Å²) in [5.41, 5.74) is 1.69. The second-order valence-corrected chi connectivity index (χ2v) is 5.53. The predicted molar refractivity (Wildman–Crippen MR) is 70.9 cm³/mol. The first-order chi connectivity index (χ1) is 8.62. The molecule has 0 radical (unpaired) electrons. The first-order valence-electron chi connectivity index (χ1n) is 6.52. The zero-order valence-electron chi connectivity index (χ0n) is 11.1. The summed E-state index contributed by atoms with van der Waals surface area (Å²) in [6.07, 6.45) is 2.71. The van der Waals surface area contributed by atoms with Crippen molar-refractivity contribution in [3.8, 4) is 0 Å². The van der Waals surface area contributed by atoms with Crippen LogP contribution in [-0.2, 0) is 17.7 Å². The van der Waals surface area contributed by atoms with Crippen LogP contribution in [-0.4, -0.2) is 34.7 Å². The van der Waals surface area contributed by atoms with Crippen molar-refractivity contribution in [2.75, 3.05) is 19.8 Å². The highest BCUT2D eigenvalue weighted by atomic mass is 35.5. The number of aliphatic hydroxyl groups is 1. The second kappa shape index (κ2) is 5.59. The average Bonchev–Trinajstić information content (AvgIpc) is 2.67. The Kier molecular flexibility index (Phi) is 4.30. The van der Waals surface area contributed by atoms with E-state index in [1.165, 1.54) is 0 Å². The predicted octanol–water partition coefficient (Wildman–Crippen LogP) is 2.20. The van der Waals surface area contributed by atoms with E-state index in [9.17, 15) is 5.11 Å². The number of halogens is 1. The van der Waals surface area contributed by atoms with Crippen molar-refractivity contribution in [2.24, 2.45) is 5.41 Å². The minimum absolute atomic E-state index is 0.136. The quantitative estimate of drug-likeness (QED) is 0.914. The number of hydrogen-bond donors (Lipinski definition) is 1. The molecule has 2 rings (SSSR count). The topological polar surface area (TPSA) is 47.3 Å². The monoisotopic (exact) mass is 272 g/mol. The third-order valence-corrected chi connectivity index (χ3v) is 4.23. The molecule has 0 aromatic carbocycles.